The Hall–Kier alpha value is -3.23. The van der Waals surface area contributed by atoms with Crippen molar-refractivity contribution in [2.24, 2.45) is 10.7 Å². The maximum atomic E-state index is 14.8. The monoisotopic (exact) mass is 437 g/mol. The van der Waals surface area contributed by atoms with Crippen molar-refractivity contribution < 1.29 is 14.0 Å². The SMILES string of the molecule is CC(c1ccc(-c2ccccc2)c(F)c1)c1cc(N=C(N)N2CCN(CCO)CC2)on1. The summed E-state index contributed by atoms with van der Waals surface area (Å²) in [6.45, 7) is 5.88. The van der Waals surface area contributed by atoms with Crippen molar-refractivity contribution >= 4 is 11.8 Å². The van der Waals surface area contributed by atoms with Gasteiger partial charge in [0, 0.05) is 50.3 Å². The Kier molecular flexibility index (Phi) is 6.82. The van der Waals surface area contributed by atoms with E-state index in [2.05, 4.69) is 15.0 Å². The number of rotatable bonds is 6. The first-order valence-electron chi connectivity index (χ1n) is 10.8. The fourth-order valence-electron chi connectivity index (χ4n) is 3.88. The van der Waals surface area contributed by atoms with Gasteiger partial charge in [0.1, 0.15) is 5.82 Å². The van der Waals surface area contributed by atoms with Gasteiger partial charge >= 0.3 is 0 Å². The molecule has 1 aromatic heterocycles. The normalized spacial score (nSPS) is 16.3. The molecule has 7 nitrogen and oxygen atoms in total. The molecule has 1 fully saturated rings. The Morgan fingerprint density at radius 3 is 2.59 bits per heavy atom. The van der Waals surface area contributed by atoms with Gasteiger partial charge < -0.3 is 20.3 Å². The number of hydrogen-bond donors (Lipinski definition) is 2. The van der Waals surface area contributed by atoms with Gasteiger partial charge in [-0.2, -0.15) is 4.99 Å². The van der Waals surface area contributed by atoms with Crippen LogP contribution in [0.25, 0.3) is 11.1 Å². The van der Waals surface area contributed by atoms with Crippen LogP contribution in [0, 0.1) is 5.82 Å². The summed E-state index contributed by atoms with van der Waals surface area (Å²) in [4.78, 5) is 8.54. The lowest BCUT2D eigenvalue weighted by Gasteiger charge is -2.34. The van der Waals surface area contributed by atoms with Crippen molar-refractivity contribution in [3.63, 3.8) is 0 Å². The van der Waals surface area contributed by atoms with Gasteiger partial charge in [0.2, 0.25) is 0 Å². The Labute approximate surface area is 187 Å². The van der Waals surface area contributed by atoms with E-state index in [9.17, 15) is 4.39 Å². The predicted octanol–water partition coefficient (Wildman–Crippen LogP) is 3.19. The Morgan fingerprint density at radius 1 is 1.16 bits per heavy atom. The molecule has 1 aliphatic rings. The fourth-order valence-corrected chi connectivity index (χ4v) is 3.88. The van der Waals surface area contributed by atoms with E-state index in [0.29, 0.717) is 29.6 Å². The van der Waals surface area contributed by atoms with Crippen LogP contribution < -0.4 is 5.73 Å². The van der Waals surface area contributed by atoms with Crippen LogP contribution in [-0.4, -0.2) is 65.4 Å². The number of halogens is 1. The molecule has 4 rings (SSSR count). The van der Waals surface area contributed by atoms with Gasteiger partial charge in [-0.05, 0) is 17.2 Å². The highest BCUT2D eigenvalue weighted by Crippen LogP contribution is 2.30. The summed E-state index contributed by atoms with van der Waals surface area (Å²) in [5, 5.41) is 13.2. The van der Waals surface area contributed by atoms with E-state index in [0.717, 1.165) is 37.3 Å². The lowest BCUT2D eigenvalue weighted by Crippen LogP contribution is -2.51. The number of nitrogens with zero attached hydrogens (tertiary/aromatic N) is 4. The summed E-state index contributed by atoms with van der Waals surface area (Å²) >= 11 is 0. The molecule has 1 atom stereocenters. The zero-order chi connectivity index (χ0) is 22.5. The summed E-state index contributed by atoms with van der Waals surface area (Å²) in [5.74, 6) is 0.267. The van der Waals surface area contributed by atoms with Crippen LogP contribution in [0.1, 0.15) is 24.1 Å². The van der Waals surface area contributed by atoms with Crippen molar-refractivity contribution in [1.29, 1.82) is 0 Å². The molecule has 0 saturated carbocycles. The molecule has 8 heteroatoms. The highest BCUT2D eigenvalue weighted by atomic mass is 19.1. The van der Waals surface area contributed by atoms with Gasteiger partial charge in [-0.15, -0.1) is 0 Å². The fraction of sp³-hybridized carbons (Fsp3) is 0.333. The summed E-state index contributed by atoms with van der Waals surface area (Å²) < 4.78 is 20.1. The third kappa shape index (κ3) is 4.98. The average molecular weight is 438 g/mol. The Bertz CT molecular complexity index is 1060. The van der Waals surface area contributed by atoms with Crippen molar-refractivity contribution in [3.8, 4) is 11.1 Å². The molecule has 2 aromatic carbocycles. The lowest BCUT2D eigenvalue weighted by molar-refractivity contribution is 0.146. The van der Waals surface area contributed by atoms with Gasteiger partial charge in [0.05, 0.1) is 12.3 Å². The van der Waals surface area contributed by atoms with Crippen molar-refractivity contribution in [2.75, 3.05) is 39.3 Å². The highest BCUT2D eigenvalue weighted by Gasteiger charge is 2.20. The molecule has 0 bridgehead atoms. The molecule has 2 heterocycles. The van der Waals surface area contributed by atoms with Gasteiger partial charge in [-0.1, -0.05) is 54.5 Å². The molecule has 0 spiro atoms. The van der Waals surface area contributed by atoms with E-state index in [-0.39, 0.29) is 18.3 Å². The average Bonchev–Trinajstić information content (AvgIpc) is 3.28. The number of benzene rings is 2. The standard InChI is InChI=1S/C24H28FN5O2/c1-17(19-7-8-20(21(25)15-19)18-5-3-2-4-6-18)22-16-23(32-28-22)27-24(26)30-11-9-29(10-12-30)13-14-31/h2-8,15-17,31H,9-14H2,1H3,(H2,26,27). The van der Waals surface area contributed by atoms with E-state index in [4.69, 9.17) is 15.4 Å². The van der Waals surface area contributed by atoms with Gasteiger partial charge in [0.15, 0.2) is 5.96 Å². The van der Waals surface area contributed by atoms with E-state index < -0.39 is 0 Å². The third-order valence-corrected chi connectivity index (χ3v) is 5.87. The topological polar surface area (TPSA) is 91.1 Å². The summed E-state index contributed by atoms with van der Waals surface area (Å²) in [7, 11) is 0. The van der Waals surface area contributed by atoms with E-state index in [1.165, 1.54) is 0 Å². The van der Waals surface area contributed by atoms with Crippen molar-refractivity contribution in [2.45, 2.75) is 12.8 Å². The van der Waals surface area contributed by atoms with E-state index >= 15 is 0 Å². The van der Waals surface area contributed by atoms with Gasteiger partial charge in [0.25, 0.3) is 5.88 Å². The number of piperazine rings is 1. The predicted molar refractivity (Wildman–Crippen MR) is 122 cm³/mol. The molecule has 3 aromatic rings. The second kappa shape index (κ2) is 9.93. The summed E-state index contributed by atoms with van der Waals surface area (Å²) in [6.07, 6.45) is 0. The molecule has 0 aliphatic carbocycles. The molecule has 168 valence electrons. The maximum Gasteiger partial charge on any atom is 0.253 e. The zero-order valence-electron chi connectivity index (χ0n) is 18.1. The quantitative estimate of drug-likeness (QED) is 0.455. The molecule has 32 heavy (non-hydrogen) atoms. The number of β-amino-alcohol motifs (C(OH)–C–C–N with tert-alkyl or cyclic N) is 1. The van der Waals surface area contributed by atoms with Crippen molar-refractivity contribution in [3.05, 3.63) is 71.7 Å². The second-order valence-electron chi connectivity index (χ2n) is 7.94. The van der Waals surface area contributed by atoms with Crippen LogP contribution in [0.5, 0.6) is 0 Å². The molecule has 1 saturated heterocycles. The minimum absolute atomic E-state index is 0.154. The van der Waals surface area contributed by atoms with Crippen LogP contribution in [0.4, 0.5) is 10.3 Å². The van der Waals surface area contributed by atoms with Gasteiger partial charge in [-0.25, -0.2) is 4.39 Å². The van der Waals surface area contributed by atoms with Crippen LogP contribution >= 0.6 is 0 Å². The van der Waals surface area contributed by atoms with Crippen LogP contribution in [0.2, 0.25) is 0 Å². The summed E-state index contributed by atoms with van der Waals surface area (Å²) in [5.41, 5.74) is 9.04. The van der Waals surface area contributed by atoms with Crippen LogP contribution in [-0.2, 0) is 0 Å². The van der Waals surface area contributed by atoms with Crippen molar-refractivity contribution in [1.82, 2.24) is 15.0 Å². The second-order valence-corrected chi connectivity index (χ2v) is 7.94. The number of aromatic nitrogens is 1. The lowest BCUT2D eigenvalue weighted by atomic mass is 9.95. The number of aliphatic hydroxyl groups excluding tert-OH is 1. The summed E-state index contributed by atoms with van der Waals surface area (Å²) in [6, 6.07) is 16.5. The van der Waals surface area contributed by atoms with E-state index in [1.54, 1.807) is 18.2 Å². The minimum atomic E-state index is -0.271. The zero-order valence-corrected chi connectivity index (χ0v) is 18.1. The number of guanidine groups is 1. The van der Waals surface area contributed by atoms with Gasteiger partial charge in [-0.3, -0.25) is 4.90 Å². The largest absolute Gasteiger partial charge is 0.395 e. The van der Waals surface area contributed by atoms with Crippen LogP contribution in [0.15, 0.2) is 64.1 Å². The first-order valence-corrected chi connectivity index (χ1v) is 10.8. The molecule has 0 amide bonds. The molecule has 1 unspecified atom stereocenters. The number of aliphatic imine (C=N–C) groups is 1. The van der Waals surface area contributed by atoms with Crippen LogP contribution in [0.3, 0.4) is 0 Å². The number of nitrogens with two attached hydrogens (primary N) is 1. The smallest absolute Gasteiger partial charge is 0.253 e. The Balaban J connectivity index is 1.44. The third-order valence-electron chi connectivity index (χ3n) is 5.87. The minimum Gasteiger partial charge on any atom is -0.395 e. The maximum absolute atomic E-state index is 14.8. The Morgan fingerprint density at radius 2 is 1.91 bits per heavy atom. The number of aliphatic hydroxyl groups is 1. The molecule has 0 radical (unpaired) electrons. The first kappa shape index (κ1) is 22.0. The number of hydrogen-bond acceptors (Lipinski definition) is 5. The van der Waals surface area contributed by atoms with E-state index in [1.807, 2.05) is 48.2 Å². The first-order chi connectivity index (χ1) is 15.5. The molecular weight excluding hydrogens is 409 g/mol. The molecular formula is C24H28FN5O2. The highest BCUT2D eigenvalue weighted by molar-refractivity contribution is 5.80. The molecule has 3 N–H and O–H groups in total. The molecule has 1 aliphatic heterocycles.